The number of aryl methyl sites for hydroxylation is 2. The molecule has 0 radical (unpaired) electrons. The lowest BCUT2D eigenvalue weighted by atomic mass is 10.1. The monoisotopic (exact) mass is 409 g/mol. The Labute approximate surface area is 172 Å². The van der Waals surface area contributed by atoms with Gasteiger partial charge >= 0.3 is 0 Å². The van der Waals surface area contributed by atoms with Crippen molar-refractivity contribution in [3.05, 3.63) is 87.7 Å². The number of halogens is 2. The van der Waals surface area contributed by atoms with Gasteiger partial charge in [0.2, 0.25) is 0 Å². The van der Waals surface area contributed by atoms with Crippen molar-refractivity contribution in [2.75, 3.05) is 5.32 Å². The number of amides is 1. The molecule has 6 heteroatoms. The SMILES string of the molecule is Cc1ccn2cc(-c3ccc(C)c(NC(=O)c4ccc(Cl)cc4Cl)c3)nc2c1. The molecular weight excluding hydrogens is 393 g/mol. The lowest BCUT2D eigenvalue weighted by Gasteiger charge is -2.11. The van der Waals surface area contributed by atoms with Crippen LogP contribution in [0.25, 0.3) is 16.9 Å². The highest BCUT2D eigenvalue weighted by molar-refractivity contribution is 6.37. The molecule has 28 heavy (non-hydrogen) atoms. The summed E-state index contributed by atoms with van der Waals surface area (Å²) in [5.41, 5.74) is 5.83. The van der Waals surface area contributed by atoms with Crippen LogP contribution in [0, 0.1) is 13.8 Å². The molecule has 4 aromatic rings. The summed E-state index contributed by atoms with van der Waals surface area (Å²) < 4.78 is 1.98. The molecule has 0 unspecified atom stereocenters. The van der Waals surface area contributed by atoms with Gasteiger partial charge in [-0.3, -0.25) is 4.79 Å². The van der Waals surface area contributed by atoms with Crippen molar-refractivity contribution in [2.24, 2.45) is 0 Å². The van der Waals surface area contributed by atoms with Crippen LogP contribution in [0.4, 0.5) is 5.69 Å². The van der Waals surface area contributed by atoms with E-state index in [9.17, 15) is 4.79 Å². The second-order valence-electron chi connectivity index (χ2n) is 6.70. The minimum absolute atomic E-state index is 0.285. The van der Waals surface area contributed by atoms with E-state index >= 15 is 0 Å². The van der Waals surface area contributed by atoms with Crippen LogP contribution in [-0.4, -0.2) is 15.3 Å². The predicted molar refractivity (Wildman–Crippen MR) is 115 cm³/mol. The first kappa shape index (κ1) is 18.5. The molecule has 0 spiro atoms. The predicted octanol–water partition coefficient (Wildman–Crippen LogP) is 6.18. The maximum Gasteiger partial charge on any atom is 0.257 e. The van der Waals surface area contributed by atoms with Gasteiger partial charge in [-0.1, -0.05) is 35.3 Å². The summed E-state index contributed by atoms with van der Waals surface area (Å²) in [7, 11) is 0. The van der Waals surface area contributed by atoms with Crippen molar-refractivity contribution < 1.29 is 4.79 Å². The van der Waals surface area contributed by atoms with E-state index in [-0.39, 0.29) is 5.91 Å². The van der Waals surface area contributed by atoms with Crippen LogP contribution in [-0.2, 0) is 0 Å². The summed E-state index contributed by atoms with van der Waals surface area (Å²) in [4.78, 5) is 17.4. The number of anilines is 1. The molecule has 0 aliphatic heterocycles. The zero-order valence-electron chi connectivity index (χ0n) is 15.3. The Bertz CT molecular complexity index is 1210. The van der Waals surface area contributed by atoms with Crippen LogP contribution >= 0.6 is 23.2 Å². The molecule has 0 bridgehead atoms. The quantitative estimate of drug-likeness (QED) is 0.439. The Morgan fingerprint density at radius 2 is 1.86 bits per heavy atom. The van der Waals surface area contributed by atoms with Crippen molar-refractivity contribution in [2.45, 2.75) is 13.8 Å². The molecule has 2 aromatic carbocycles. The first-order chi connectivity index (χ1) is 13.4. The van der Waals surface area contributed by atoms with Gasteiger partial charge < -0.3 is 9.72 Å². The topological polar surface area (TPSA) is 46.4 Å². The maximum atomic E-state index is 12.7. The zero-order valence-corrected chi connectivity index (χ0v) is 16.8. The van der Waals surface area contributed by atoms with Gasteiger partial charge in [-0.2, -0.15) is 0 Å². The normalized spacial score (nSPS) is 11.0. The van der Waals surface area contributed by atoms with Gasteiger partial charge in [0.25, 0.3) is 5.91 Å². The second kappa shape index (κ2) is 7.30. The van der Waals surface area contributed by atoms with E-state index in [0.29, 0.717) is 21.3 Å². The standard InChI is InChI=1S/C22H17Cl2N3O/c1-13-7-8-27-12-20(25-21(27)9-13)15-4-3-14(2)19(10-15)26-22(28)17-6-5-16(23)11-18(17)24/h3-12H,1-2H3,(H,26,28). The third kappa shape index (κ3) is 3.61. The first-order valence-corrected chi connectivity index (χ1v) is 9.49. The number of rotatable bonds is 3. The number of hydrogen-bond donors (Lipinski definition) is 1. The molecule has 4 rings (SSSR count). The highest BCUT2D eigenvalue weighted by Gasteiger charge is 2.13. The summed E-state index contributed by atoms with van der Waals surface area (Å²) in [5.74, 6) is -0.285. The van der Waals surface area contributed by atoms with Crippen molar-refractivity contribution in [1.82, 2.24) is 9.38 Å². The fraction of sp³-hybridized carbons (Fsp3) is 0.0909. The van der Waals surface area contributed by atoms with Gasteiger partial charge in [-0.05, 0) is 61.4 Å². The molecule has 4 nitrogen and oxygen atoms in total. The number of fused-ring (bicyclic) bond motifs is 1. The zero-order chi connectivity index (χ0) is 19.8. The molecule has 0 fully saturated rings. The molecule has 0 aliphatic carbocycles. The van der Waals surface area contributed by atoms with Gasteiger partial charge in [-0.25, -0.2) is 4.98 Å². The van der Waals surface area contributed by atoms with E-state index in [1.165, 1.54) is 0 Å². The summed E-state index contributed by atoms with van der Waals surface area (Å²) in [6, 6.07) is 14.8. The first-order valence-electron chi connectivity index (χ1n) is 8.73. The minimum Gasteiger partial charge on any atom is -0.322 e. The smallest absolute Gasteiger partial charge is 0.257 e. The molecule has 1 amide bonds. The van der Waals surface area contributed by atoms with Crippen molar-refractivity contribution >= 4 is 40.4 Å². The highest BCUT2D eigenvalue weighted by Crippen LogP contribution is 2.27. The average molecular weight is 410 g/mol. The highest BCUT2D eigenvalue weighted by atomic mass is 35.5. The Morgan fingerprint density at radius 1 is 1.04 bits per heavy atom. The fourth-order valence-corrected chi connectivity index (χ4v) is 3.50. The van der Waals surface area contributed by atoms with Gasteiger partial charge in [0.15, 0.2) is 0 Å². The molecule has 1 N–H and O–H groups in total. The number of nitrogens with one attached hydrogen (secondary N) is 1. The number of benzene rings is 2. The number of imidazole rings is 1. The molecule has 0 atom stereocenters. The molecule has 140 valence electrons. The number of carbonyl (C=O) groups is 1. The largest absolute Gasteiger partial charge is 0.322 e. The van der Waals surface area contributed by atoms with Crippen LogP contribution < -0.4 is 5.32 Å². The van der Waals surface area contributed by atoms with E-state index in [0.717, 1.165) is 28.0 Å². The molecule has 0 aliphatic rings. The lowest BCUT2D eigenvalue weighted by molar-refractivity contribution is 0.102. The van der Waals surface area contributed by atoms with Crippen LogP contribution in [0.5, 0.6) is 0 Å². The number of pyridine rings is 1. The molecule has 0 saturated heterocycles. The molecule has 0 saturated carbocycles. The molecule has 2 aromatic heterocycles. The number of carbonyl (C=O) groups excluding carboxylic acids is 1. The summed E-state index contributed by atoms with van der Waals surface area (Å²) in [6.45, 7) is 3.98. The molecule has 2 heterocycles. The van der Waals surface area contributed by atoms with Crippen molar-refractivity contribution in [3.63, 3.8) is 0 Å². The summed E-state index contributed by atoms with van der Waals surface area (Å²) in [6.07, 6.45) is 3.96. The van der Waals surface area contributed by atoms with E-state index < -0.39 is 0 Å². The third-order valence-corrected chi connectivity index (χ3v) is 5.12. The van der Waals surface area contributed by atoms with Crippen LogP contribution in [0.3, 0.4) is 0 Å². The summed E-state index contributed by atoms with van der Waals surface area (Å²) >= 11 is 12.1. The van der Waals surface area contributed by atoms with Crippen LogP contribution in [0.2, 0.25) is 10.0 Å². The maximum absolute atomic E-state index is 12.7. The van der Waals surface area contributed by atoms with Gasteiger partial charge in [-0.15, -0.1) is 0 Å². The Kier molecular flexibility index (Phi) is 4.84. The van der Waals surface area contributed by atoms with Crippen molar-refractivity contribution in [1.29, 1.82) is 0 Å². The second-order valence-corrected chi connectivity index (χ2v) is 7.55. The van der Waals surface area contributed by atoms with Crippen molar-refractivity contribution in [3.8, 4) is 11.3 Å². The number of nitrogens with zero attached hydrogens (tertiary/aromatic N) is 2. The molecular formula is C22H17Cl2N3O. The van der Waals surface area contributed by atoms with E-state index in [2.05, 4.69) is 5.32 Å². The van der Waals surface area contributed by atoms with E-state index in [1.54, 1.807) is 18.2 Å². The Hall–Kier alpha value is -2.82. The summed E-state index contributed by atoms with van der Waals surface area (Å²) in [5, 5.41) is 3.74. The van der Waals surface area contributed by atoms with Gasteiger partial charge in [0, 0.05) is 28.7 Å². The van der Waals surface area contributed by atoms with Gasteiger partial charge in [0.05, 0.1) is 16.3 Å². The lowest BCUT2D eigenvalue weighted by Crippen LogP contribution is -2.13. The third-order valence-electron chi connectivity index (χ3n) is 4.57. The van der Waals surface area contributed by atoms with E-state index in [1.807, 2.05) is 61.0 Å². The van der Waals surface area contributed by atoms with Gasteiger partial charge in [0.1, 0.15) is 5.65 Å². The minimum atomic E-state index is -0.285. The Morgan fingerprint density at radius 3 is 2.64 bits per heavy atom. The fourth-order valence-electron chi connectivity index (χ4n) is 3.00. The van der Waals surface area contributed by atoms with Crippen LogP contribution in [0.1, 0.15) is 21.5 Å². The Balaban J connectivity index is 1.67. The van der Waals surface area contributed by atoms with E-state index in [4.69, 9.17) is 28.2 Å². The number of hydrogen-bond acceptors (Lipinski definition) is 2. The number of aromatic nitrogens is 2. The van der Waals surface area contributed by atoms with Crippen LogP contribution in [0.15, 0.2) is 60.9 Å². The average Bonchev–Trinajstić information content (AvgIpc) is 3.06.